The Morgan fingerprint density at radius 3 is 3.00 bits per heavy atom. The van der Waals surface area contributed by atoms with E-state index in [2.05, 4.69) is 12.2 Å². The molecular weight excluding hydrogens is 142 g/mol. The average molecular weight is 157 g/mol. The van der Waals surface area contributed by atoms with E-state index in [4.69, 9.17) is 5.11 Å². The molecule has 2 N–H and O–H groups in total. The van der Waals surface area contributed by atoms with Gasteiger partial charge in [0, 0.05) is 12.5 Å². The van der Waals surface area contributed by atoms with Crippen LogP contribution in [0.5, 0.6) is 0 Å². The van der Waals surface area contributed by atoms with Crippen molar-refractivity contribution in [1.82, 2.24) is 5.32 Å². The molecule has 0 bridgehead atoms. The molecule has 1 fully saturated rings. The summed E-state index contributed by atoms with van der Waals surface area (Å²) in [6, 6.07) is 0.494. The van der Waals surface area contributed by atoms with Crippen molar-refractivity contribution >= 4 is 5.97 Å². The van der Waals surface area contributed by atoms with E-state index in [9.17, 15) is 4.79 Å². The standard InChI is InChI=1S/C8H15NO2/c1-6-4-7(2-3-9-6)5-8(10)11/h6-7,9H,2-5H2,1H3,(H,10,11)/t6-,7-/m0/s1. The molecule has 0 aromatic carbocycles. The Balaban J connectivity index is 2.28. The average Bonchev–Trinajstić information content (AvgIpc) is 1.85. The number of carbonyl (C=O) groups is 1. The topological polar surface area (TPSA) is 49.3 Å². The van der Waals surface area contributed by atoms with Crippen LogP contribution in [0.25, 0.3) is 0 Å². The monoisotopic (exact) mass is 157 g/mol. The lowest BCUT2D eigenvalue weighted by atomic mass is 9.91. The van der Waals surface area contributed by atoms with Crippen molar-refractivity contribution < 1.29 is 9.90 Å². The first-order chi connectivity index (χ1) is 5.18. The first-order valence-corrected chi connectivity index (χ1v) is 4.13. The van der Waals surface area contributed by atoms with Gasteiger partial charge in [0.05, 0.1) is 0 Å². The molecular formula is C8H15NO2. The minimum absolute atomic E-state index is 0.339. The van der Waals surface area contributed by atoms with Crippen molar-refractivity contribution in [2.45, 2.75) is 32.2 Å². The summed E-state index contributed by atoms with van der Waals surface area (Å²) in [4.78, 5) is 10.4. The lowest BCUT2D eigenvalue weighted by Crippen LogP contribution is -2.36. The molecule has 3 nitrogen and oxygen atoms in total. The Hall–Kier alpha value is -0.570. The molecule has 0 radical (unpaired) electrons. The molecule has 2 atom stereocenters. The van der Waals surface area contributed by atoms with Gasteiger partial charge in [-0.25, -0.2) is 0 Å². The van der Waals surface area contributed by atoms with E-state index >= 15 is 0 Å². The predicted octanol–water partition coefficient (Wildman–Crippen LogP) is 0.849. The van der Waals surface area contributed by atoms with Crippen molar-refractivity contribution in [3.05, 3.63) is 0 Å². The number of rotatable bonds is 2. The maximum absolute atomic E-state index is 10.4. The highest BCUT2D eigenvalue weighted by Gasteiger charge is 2.20. The molecule has 0 unspecified atom stereocenters. The van der Waals surface area contributed by atoms with Crippen LogP contribution in [0.15, 0.2) is 0 Å². The van der Waals surface area contributed by atoms with Gasteiger partial charge in [0.2, 0.25) is 0 Å². The van der Waals surface area contributed by atoms with Crippen LogP contribution in [-0.2, 0) is 4.79 Å². The Labute approximate surface area is 66.8 Å². The molecule has 0 saturated carbocycles. The van der Waals surface area contributed by atoms with Crippen LogP contribution in [0.3, 0.4) is 0 Å². The fourth-order valence-electron chi connectivity index (χ4n) is 1.67. The minimum atomic E-state index is -0.663. The van der Waals surface area contributed by atoms with Crippen molar-refractivity contribution in [3.8, 4) is 0 Å². The number of hydrogen-bond donors (Lipinski definition) is 2. The summed E-state index contributed by atoms with van der Waals surface area (Å²) in [6.07, 6.45) is 2.36. The second-order valence-corrected chi connectivity index (χ2v) is 3.34. The van der Waals surface area contributed by atoms with Crippen LogP contribution in [-0.4, -0.2) is 23.7 Å². The van der Waals surface area contributed by atoms with Crippen molar-refractivity contribution in [3.63, 3.8) is 0 Å². The van der Waals surface area contributed by atoms with Gasteiger partial charge in [0.25, 0.3) is 0 Å². The lowest BCUT2D eigenvalue weighted by molar-refractivity contribution is -0.138. The second-order valence-electron chi connectivity index (χ2n) is 3.34. The first kappa shape index (κ1) is 8.53. The van der Waals surface area contributed by atoms with Gasteiger partial charge in [0.15, 0.2) is 0 Å². The number of nitrogens with one attached hydrogen (secondary N) is 1. The highest BCUT2D eigenvalue weighted by atomic mass is 16.4. The Morgan fingerprint density at radius 1 is 1.73 bits per heavy atom. The third-order valence-electron chi connectivity index (χ3n) is 2.20. The van der Waals surface area contributed by atoms with Crippen molar-refractivity contribution in [1.29, 1.82) is 0 Å². The summed E-state index contributed by atoms with van der Waals surface area (Å²) in [6.45, 7) is 3.08. The van der Waals surface area contributed by atoms with Gasteiger partial charge in [-0.15, -0.1) is 0 Å². The molecule has 0 aromatic heterocycles. The summed E-state index contributed by atoms with van der Waals surface area (Å²) in [5.74, 6) is -0.271. The van der Waals surface area contributed by atoms with E-state index in [0.717, 1.165) is 19.4 Å². The van der Waals surface area contributed by atoms with Crippen LogP contribution in [0, 0.1) is 5.92 Å². The highest BCUT2D eigenvalue weighted by molar-refractivity contribution is 5.67. The first-order valence-electron chi connectivity index (χ1n) is 4.13. The molecule has 0 aromatic rings. The lowest BCUT2D eigenvalue weighted by Gasteiger charge is -2.26. The third-order valence-corrected chi connectivity index (χ3v) is 2.20. The molecule has 64 valence electrons. The minimum Gasteiger partial charge on any atom is -0.481 e. The molecule has 0 aliphatic carbocycles. The van der Waals surface area contributed by atoms with E-state index in [1.54, 1.807) is 0 Å². The van der Waals surface area contributed by atoms with Gasteiger partial charge in [0.1, 0.15) is 0 Å². The molecule has 1 saturated heterocycles. The van der Waals surface area contributed by atoms with Gasteiger partial charge in [-0.1, -0.05) is 0 Å². The van der Waals surface area contributed by atoms with Gasteiger partial charge in [-0.05, 0) is 32.2 Å². The van der Waals surface area contributed by atoms with Gasteiger partial charge < -0.3 is 10.4 Å². The zero-order valence-corrected chi connectivity index (χ0v) is 6.84. The number of hydrogen-bond acceptors (Lipinski definition) is 2. The molecule has 0 spiro atoms. The maximum atomic E-state index is 10.4. The fraction of sp³-hybridized carbons (Fsp3) is 0.875. The van der Waals surface area contributed by atoms with Crippen LogP contribution in [0.2, 0.25) is 0 Å². The van der Waals surface area contributed by atoms with Crippen LogP contribution >= 0.6 is 0 Å². The smallest absolute Gasteiger partial charge is 0.303 e. The maximum Gasteiger partial charge on any atom is 0.303 e. The Morgan fingerprint density at radius 2 is 2.45 bits per heavy atom. The summed E-state index contributed by atoms with van der Waals surface area (Å²) in [5.41, 5.74) is 0. The summed E-state index contributed by atoms with van der Waals surface area (Å²) < 4.78 is 0. The Kier molecular flexibility index (Phi) is 2.88. The summed E-state index contributed by atoms with van der Waals surface area (Å²) in [7, 11) is 0. The molecule has 3 heteroatoms. The van der Waals surface area contributed by atoms with Gasteiger partial charge >= 0.3 is 5.97 Å². The zero-order valence-electron chi connectivity index (χ0n) is 6.84. The van der Waals surface area contributed by atoms with E-state index in [0.29, 0.717) is 18.4 Å². The van der Waals surface area contributed by atoms with E-state index < -0.39 is 5.97 Å². The quantitative estimate of drug-likeness (QED) is 0.624. The molecule has 0 amide bonds. The molecule has 11 heavy (non-hydrogen) atoms. The summed E-state index contributed by atoms with van der Waals surface area (Å²) >= 11 is 0. The molecule has 1 rings (SSSR count). The summed E-state index contributed by atoms with van der Waals surface area (Å²) in [5, 5.41) is 11.8. The van der Waals surface area contributed by atoms with Crippen molar-refractivity contribution in [2.75, 3.05) is 6.54 Å². The van der Waals surface area contributed by atoms with E-state index in [1.165, 1.54) is 0 Å². The Bertz CT molecular complexity index is 147. The number of carboxylic acid groups (broad SMARTS) is 1. The van der Waals surface area contributed by atoms with Crippen LogP contribution in [0.1, 0.15) is 26.2 Å². The van der Waals surface area contributed by atoms with E-state index in [1.807, 2.05) is 0 Å². The largest absolute Gasteiger partial charge is 0.481 e. The fourth-order valence-corrected chi connectivity index (χ4v) is 1.67. The van der Waals surface area contributed by atoms with Gasteiger partial charge in [-0.3, -0.25) is 4.79 Å². The van der Waals surface area contributed by atoms with Crippen LogP contribution < -0.4 is 5.32 Å². The molecule has 1 heterocycles. The van der Waals surface area contributed by atoms with Crippen molar-refractivity contribution in [2.24, 2.45) is 5.92 Å². The number of carboxylic acids is 1. The zero-order chi connectivity index (χ0) is 8.27. The second kappa shape index (κ2) is 3.72. The molecule has 1 aliphatic heterocycles. The third kappa shape index (κ3) is 2.89. The number of piperidine rings is 1. The normalized spacial score (nSPS) is 31.7. The van der Waals surface area contributed by atoms with E-state index in [-0.39, 0.29) is 0 Å². The highest BCUT2D eigenvalue weighted by Crippen LogP contribution is 2.18. The SMILES string of the molecule is C[C@H]1C[C@@H](CC(=O)O)CCN1. The number of aliphatic carboxylic acids is 1. The van der Waals surface area contributed by atoms with Gasteiger partial charge in [-0.2, -0.15) is 0 Å². The molecule has 1 aliphatic rings. The predicted molar refractivity (Wildman–Crippen MR) is 42.4 cm³/mol. The van der Waals surface area contributed by atoms with Crippen LogP contribution in [0.4, 0.5) is 0 Å².